The molecule has 0 radical (unpaired) electrons. The van der Waals surface area contributed by atoms with E-state index in [2.05, 4.69) is 42.3 Å². The summed E-state index contributed by atoms with van der Waals surface area (Å²) in [5.41, 5.74) is 8.28. The van der Waals surface area contributed by atoms with Gasteiger partial charge in [0.15, 0.2) is 0 Å². The van der Waals surface area contributed by atoms with Crippen LogP contribution in [0.3, 0.4) is 0 Å². The molecule has 1 aliphatic carbocycles. The van der Waals surface area contributed by atoms with Crippen molar-refractivity contribution in [3.8, 4) is 5.75 Å². The third kappa shape index (κ3) is 4.79. The number of morpholine rings is 1. The minimum atomic E-state index is 0.240. The minimum Gasteiger partial charge on any atom is -0.495 e. The van der Waals surface area contributed by atoms with Crippen molar-refractivity contribution in [3.63, 3.8) is 0 Å². The van der Waals surface area contributed by atoms with Gasteiger partial charge in [-0.3, -0.25) is 0 Å². The highest BCUT2D eigenvalue weighted by Gasteiger charge is 2.24. The molecule has 2 aliphatic rings. The van der Waals surface area contributed by atoms with E-state index >= 15 is 0 Å². The average molecular weight is 348 g/mol. The fourth-order valence-corrected chi connectivity index (χ4v) is 4.08. The largest absolute Gasteiger partial charge is 0.495 e. The Balaban J connectivity index is 1.63. The molecule has 25 heavy (non-hydrogen) atoms. The van der Waals surface area contributed by atoms with Crippen LogP contribution in [0.4, 0.5) is 11.4 Å². The molecule has 1 heterocycles. The molecule has 0 amide bonds. The SMILES string of the molecule is COc1cc(NCC2CCC(N)CC2)ccc1N1C[C@@H](C)O[C@@H](C)C1. The van der Waals surface area contributed by atoms with E-state index in [1.54, 1.807) is 7.11 Å². The zero-order valence-corrected chi connectivity index (χ0v) is 15.8. The number of ether oxygens (including phenoxy) is 2. The normalized spacial score (nSPS) is 30.2. The zero-order chi connectivity index (χ0) is 17.8. The molecule has 5 heteroatoms. The van der Waals surface area contributed by atoms with Crippen molar-refractivity contribution in [1.82, 2.24) is 0 Å². The summed E-state index contributed by atoms with van der Waals surface area (Å²) in [5.74, 6) is 1.66. The molecule has 5 nitrogen and oxygen atoms in total. The Hall–Kier alpha value is -1.46. The minimum absolute atomic E-state index is 0.240. The monoisotopic (exact) mass is 347 g/mol. The van der Waals surface area contributed by atoms with Gasteiger partial charge in [-0.2, -0.15) is 0 Å². The topological polar surface area (TPSA) is 59.8 Å². The molecule has 0 unspecified atom stereocenters. The number of nitrogens with one attached hydrogen (secondary N) is 1. The highest BCUT2D eigenvalue weighted by Crippen LogP contribution is 2.33. The molecule has 140 valence electrons. The van der Waals surface area contributed by atoms with E-state index in [0.717, 1.165) is 55.5 Å². The molecular formula is C20H33N3O2. The molecule has 1 saturated carbocycles. The van der Waals surface area contributed by atoms with Gasteiger partial charge in [-0.1, -0.05) is 0 Å². The van der Waals surface area contributed by atoms with Crippen LogP contribution >= 0.6 is 0 Å². The first kappa shape index (κ1) is 18.3. The molecular weight excluding hydrogens is 314 g/mol. The third-order valence-electron chi connectivity index (χ3n) is 5.43. The Kier molecular flexibility index (Phi) is 6.07. The van der Waals surface area contributed by atoms with Gasteiger partial charge in [0, 0.05) is 37.4 Å². The molecule has 1 aromatic rings. The van der Waals surface area contributed by atoms with Crippen molar-refractivity contribution in [2.45, 2.75) is 57.8 Å². The molecule has 3 N–H and O–H groups in total. The average Bonchev–Trinajstić information content (AvgIpc) is 2.60. The summed E-state index contributed by atoms with van der Waals surface area (Å²) in [4.78, 5) is 2.37. The summed E-state index contributed by atoms with van der Waals surface area (Å²) < 4.78 is 11.5. The van der Waals surface area contributed by atoms with Crippen LogP contribution in [-0.2, 0) is 4.74 Å². The van der Waals surface area contributed by atoms with Gasteiger partial charge in [-0.15, -0.1) is 0 Å². The van der Waals surface area contributed by atoms with E-state index < -0.39 is 0 Å². The fourth-order valence-electron chi connectivity index (χ4n) is 4.08. The van der Waals surface area contributed by atoms with Crippen molar-refractivity contribution in [3.05, 3.63) is 18.2 Å². The summed E-state index contributed by atoms with van der Waals surface area (Å²) in [6.07, 6.45) is 5.25. The van der Waals surface area contributed by atoms with Gasteiger partial charge < -0.3 is 25.4 Å². The summed E-state index contributed by atoms with van der Waals surface area (Å²) in [7, 11) is 1.75. The van der Waals surface area contributed by atoms with E-state index in [1.807, 2.05) is 0 Å². The first-order chi connectivity index (χ1) is 12.0. The summed E-state index contributed by atoms with van der Waals surface area (Å²) in [6.45, 7) is 7.06. The van der Waals surface area contributed by atoms with Crippen LogP contribution in [0.5, 0.6) is 5.75 Å². The number of benzene rings is 1. The number of anilines is 2. The molecule has 0 bridgehead atoms. The molecule has 1 aromatic carbocycles. The fraction of sp³-hybridized carbons (Fsp3) is 0.700. The Morgan fingerprint density at radius 1 is 1.16 bits per heavy atom. The quantitative estimate of drug-likeness (QED) is 0.856. The van der Waals surface area contributed by atoms with Crippen LogP contribution in [0.25, 0.3) is 0 Å². The Morgan fingerprint density at radius 3 is 2.48 bits per heavy atom. The van der Waals surface area contributed by atoms with Gasteiger partial charge in [0.05, 0.1) is 25.0 Å². The highest BCUT2D eigenvalue weighted by atomic mass is 16.5. The Labute approximate surface area is 151 Å². The maximum atomic E-state index is 6.00. The maximum absolute atomic E-state index is 6.00. The van der Waals surface area contributed by atoms with Gasteiger partial charge in [-0.05, 0) is 57.6 Å². The second-order valence-electron chi connectivity index (χ2n) is 7.71. The Bertz CT molecular complexity index is 548. The van der Waals surface area contributed by atoms with Crippen molar-refractivity contribution in [1.29, 1.82) is 0 Å². The summed E-state index contributed by atoms with van der Waals surface area (Å²) >= 11 is 0. The number of hydrogen-bond acceptors (Lipinski definition) is 5. The van der Waals surface area contributed by atoms with Gasteiger partial charge in [0.25, 0.3) is 0 Å². The van der Waals surface area contributed by atoms with Gasteiger partial charge in [0.2, 0.25) is 0 Å². The Morgan fingerprint density at radius 2 is 1.84 bits per heavy atom. The van der Waals surface area contributed by atoms with Crippen molar-refractivity contribution < 1.29 is 9.47 Å². The lowest BCUT2D eigenvalue weighted by Crippen LogP contribution is -2.45. The first-order valence-corrected chi connectivity index (χ1v) is 9.63. The summed E-state index contributed by atoms with van der Waals surface area (Å²) in [5, 5.41) is 3.59. The number of nitrogens with zero attached hydrogens (tertiary/aromatic N) is 1. The van der Waals surface area contributed by atoms with E-state index in [1.165, 1.54) is 12.8 Å². The molecule has 0 spiro atoms. The van der Waals surface area contributed by atoms with E-state index in [4.69, 9.17) is 15.2 Å². The van der Waals surface area contributed by atoms with E-state index in [-0.39, 0.29) is 12.2 Å². The lowest BCUT2D eigenvalue weighted by molar-refractivity contribution is -0.00532. The number of methoxy groups -OCH3 is 1. The van der Waals surface area contributed by atoms with E-state index in [0.29, 0.717) is 6.04 Å². The molecule has 2 fully saturated rings. The maximum Gasteiger partial charge on any atom is 0.144 e. The lowest BCUT2D eigenvalue weighted by atomic mass is 9.86. The van der Waals surface area contributed by atoms with Gasteiger partial charge >= 0.3 is 0 Å². The van der Waals surface area contributed by atoms with Crippen LogP contribution in [0.2, 0.25) is 0 Å². The predicted octanol–water partition coefficient (Wildman–Crippen LogP) is 3.24. The molecule has 1 aliphatic heterocycles. The van der Waals surface area contributed by atoms with Crippen LogP contribution in [-0.4, -0.2) is 45.0 Å². The third-order valence-corrected chi connectivity index (χ3v) is 5.43. The molecule has 1 saturated heterocycles. The second kappa shape index (κ2) is 8.28. The lowest BCUT2D eigenvalue weighted by Gasteiger charge is -2.37. The van der Waals surface area contributed by atoms with Crippen molar-refractivity contribution >= 4 is 11.4 Å². The highest BCUT2D eigenvalue weighted by molar-refractivity contribution is 5.65. The van der Waals surface area contributed by atoms with Gasteiger partial charge in [-0.25, -0.2) is 0 Å². The number of rotatable bonds is 5. The number of hydrogen-bond donors (Lipinski definition) is 2. The van der Waals surface area contributed by atoms with Crippen LogP contribution < -0.4 is 20.7 Å². The van der Waals surface area contributed by atoms with Crippen LogP contribution in [0.15, 0.2) is 18.2 Å². The van der Waals surface area contributed by atoms with Crippen LogP contribution in [0.1, 0.15) is 39.5 Å². The second-order valence-corrected chi connectivity index (χ2v) is 7.71. The van der Waals surface area contributed by atoms with Gasteiger partial charge in [0.1, 0.15) is 5.75 Å². The van der Waals surface area contributed by atoms with Crippen molar-refractivity contribution in [2.75, 3.05) is 37.0 Å². The predicted molar refractivity (Wildman–Crippen MR) is 104 cm³/mol. The first-order valence-electron chi connectivity index (χ1n) is 9.63. The van der Waals surface area contributed by atoms with Crippen LogP contribution in [0, 0.1) is 5.92 Å². The molecule has 0 aromatic heterocycles. The van der Waals surface area contributed by atoms with Crippen molar-refractivity contribution in [2.24, 2.45) is 11.7 Å². The van der Waals surface area contributed by atoms with E-state index in [9.17, 15) is 0 Å². The zero-order valence-electron chi connectivity index (χ0n) is 15.8. The molecule has 3 rings (SSSR count). The summed E-state index contributed by atoms with van der Waals surface area (Å²) in [6, 6.07) is 6.86. The number of nitrogens with two attached hydrogens (primary N) is 1. The smallest absolute Gasteiger partial charge is 0.144 e. The standard InChI is InChI=1S/C20H33N3O2/c1-14-12-23(13-15(2)25-14)19-9-8-18(10-20(19)24-3)22-11-16-4-6-17(21)7-5-16/h8-10,14-17,22H,4-7,11-13,21H2,1-3H3/t14-,15+,16?,17?. The molecule has 2 atom stereocenters.